The van der Waals surface area contributed by atoms with Gasteiger partial charge in [-0.3, -0.25) is 9.78 Å². The van der Waals surface area contributed by atoms with Crippen LogP contribution in [0.25, 0.3) is 0 Å². The number of aromatic nitrogens is 1. The first kappa shape index (κ1) is 17.0. The van der Waals surface area contributed by atoms with Crippen molar-refractivity contribution in [1.82, 2.24) is 4.98 Å². The highest BCUT2D eigenvalue weighted by atomic mass is 16.7. The molecule has 1 aromatic heterocycles. The Kier molecular flexibility index (Phi) is 4.63. The molecule has 1 aliphatic rings. The minimum Gasteiger partial charge on any atom is -0.469 e. The molecule has 5 nitrogen and oxygen atoms in total. The molecule has 0 amide bonds. The van der Waals surface area contributed by atoms with Crippen molar-refractivity contribution in [2.45, 2.75) is 58.1 Å². The average Bonchev–Trinajstić information content (AvgIpc) is 2.65. The van der Waals surface area contributed by atoms with E-state index in [0.29, 0.717) is 0 Å². The smallest absolute Gasteiger partial charge is 0.468 e. The van der Waals surface area contributed by atoms with Gasteiger partial charge in [0.2, 0.25) is 0 Å². The average molecular weight is 305 g/mol. The minimum atomic E-state index is -0.528. The van der Waals surface area contributed by atoms with E-state index in [2.05, 4.69) is 4.98 Å². The van der Waals surface area contributed by atoms with Crippen molar-refractivity contribution in [3.8, 4) is 0 Å². The Hall–Kier alpha value is -1.40. The van der Waals surface area contributed by atoms with Crippen LogP contribution in [0.2, 0.25) is 0 Å². The highest BCUT2D eigenvalue weighted by Crippen LogP contribution is 2.41. The molecule has 1 atom stereocenters. The van der Waals surface area contributed by atoms with Crippen molar-refractivity contribution in [1.29, 1.82) is 0 Å². The Bertz CT molecular complexity index is 526. The maximum atomic E-state index is 11.8. The third-order valence-corrected chi connectivity index (χ3v) is 4.53. The zero-order valence-corrected chi connectivity index (χ0v) is 14.2. The molecular weight excluding hydrogens is 281 g/mol. The zero-order chi connectivity index (χ0) is 16.5. The first-order valence-corrected chi connectivity index (χ1v) is 7.51. The van der Waals surface area contributed by atoms with Gasteiger partial charge in [0.05, 0.1) is 24.7 Å². The van der Waals surface area contributed by atoms with E-state index in [1.165, 1.54) is 7.11 Å². The number of esters is 1. The van der Waals surface area contributed by atoms with E-state index in [0.717, 1.165) is 11.3 Å². The number of methoxy groups -OCH3 is 1. The Labute approximate surface area is 132 Å². The monoisotopic (exact) mass is 305 g/mol. The lowest BCUT2D eigenvalue weighted by molar-refractivity contribution is -0.140. The summed E-state index contributed by atoms with van der Waals surface area (Å²) in [7, 11) is 0.853. The van der Waals surface area contributed by atoms with Gasteiger partial charge in [-0.1, -0.05) is 6.07 Å². The van der Waals surface area contributed by atoms with Crippen LogP contribution in [0.5, 0.6) is 0 Å². The number of nitrogens with zero attached hydrogens (tertiary/aromatic N) is 1. The van der Waals surface area contributed by atoms with Gasteiger partial charge in [-0.25, -0.2) is 0 Å². The summed E-state index contributed by atoms with van der Waals surface area (Å²) < 4.78 is 17.0. The van der Waals surface area contributed by atoms with Crippen LogP contribution in [0.3, 0.4) is 0 Å². The van der Waals surface area contributed by atoms with E-state index >= 15 is 0 Å². The lowest BCUT2D eigenvalue weighted by Gasteiger charge is -2.32. The summed E-state index contributed by atoms with van der Waals surface area (Å²) in [5, 5.41) is 0. The molecule has 1 fully saturated rings. The second kappa shape index (κ2) is 6.01. The van der Waals surface area contributed by atoms with Crippen LogP contribution in [0, 0.1) is 6.92 Å². The molecule has 120 valence electrons. The fourth-order valence-corrected chi connectivity index (χ4v) is 2.35. The zero-order valence-electron chi connectivity index (χ0n) is 14.2. The van der Waals surface area contributed by atoms with E-state index in [1.807, 2.05) is 46.8 Å². The third-order valence-electron chi connectivity index (χ3n) is 4.53. The molecule has 22 heavy (non-hydrogen) atoms. The molecule has 0 bridgehead atoms. The van der Waals surface area contributed by atoms with Crippen LogP contribution < -0.4 is 0 Å². The maximum absolute atomic E-state index is 11.8. The Balaban J connectivity index is 2.29. The summed E-state index contributed by atoms with van der Waals surface area (Å²) in [4.78, 5) is 16.2. The van der Waals surface area contributed by atoms with Gasteiger partial charge in [0.25, 0.3) is 0 Å². The van der Waals surface area contributed by atoms with Crippen molar-refractivity contribution in [2.75, 3.05) is 7.11 Å². The van der Waals surface area contributed by atoms with Gasteiger partial charge in [-0.15, -0.1) is 0 Å². The summed E-state index contributed by atoms with van der Waals surface area (Å²) in [5.74, 6) is -0.601. The number of ether oxygens (including phenoxy) is 1. The topological polar surface area (TPSA) is 57.7 Å². The van der Waals surface area contributed by atoms with E-state index < -0.39 is 18.3 Å². The molecule has 0 aliphatic carbocycles. The van der Waals surface area contributed by atoms with Crippen LogP contribution in [-0.4, -0.2) is 36.4 Å². The molecule has 0 N–H and O–H groups in total. The van der Waals surface area contributed by atoms with Gasteiger partial charge in [-0.05, 0) is 46.2 Å². The summed E-state index contributed by atoms with van der Waals surface area (Å²) in [6.07, 6.45) is 1.95. The largest absolute Gasteiger partial charge is 0.469 e. The molecule has 0 saturated carbocycles. The van der Waals surface area contributed by atoms with Crippen LogP contribution in [0.4, 0.5) is 0 Å². The Morgan fingerprint density at radius 1 is 1.27 bits per heavy atom. The molecule has 0 aromatic carbocycles. The molecule has 0 radical (unpaired) electrons. The predicted molar refractivity (Wildman–Crippen MR) is 84.4 cm³/mol. The minimum absolute atomic E-state index is 0.170. The SMILES string of the molecule is COC(=O)CC(B1OC(C)(C)C(C)(C)O1)c1ccc(C)cn1. The lowest BCUT2D eigenvalue weighted by Crippen LogP contribution is -2.41. The van der Waals surface area contributed by atoms with E-state index in [4.69, 9.17) is 14.0 Å². The quantitative estimate of drug-likeness (QED) is 0.632. The van der Waals surface area contributed by atoms with Gasteiger partial charge in [-0.2, -0.15) is 0 Å². The molecule has 6 heteroatoms. The lowest BCUT2D eigenvalue weighted by atomic mass is 9.68. The van der Waals surface area contributed by atoms with E-state index in [1.54, 1.807) is 6.20 Å². The van der Waals surface area contributed by atoms with Gasteiger partial charge < -0.3 is 14.0 Å². The van der Waals surface area contributed by atoms with Crippen molar-refractivity contribution >= 4 is 13.1 Å². The second-order valence-corrected chi connectivity index (χ2v) is 6.77. The number of aryl methyl sites for hydroxylation is 1. The van der Waals surface area contributed by atoms with Gasteiger partial charge in [0, 0.05) is 17.7 Å². The number of carbonyl (C=O) groups excluding carboxylic acids is 1. The van der Waals surface area contributed by atoms with Gasteiger partial charge >= 0.3 is 13.1 Å². The normalized spacial score (nSPS) is 20.7. The van der Waals surface area contributed by atoms with Crippen LogP contribution in [0.1, 0.15) is 51.2 Å². The van der Waals surface area contributed by atoms with E-state index in [-0.39, 0.29) is 18.2 Å². The fourth-order valence-electron chi connectivity index (χ4n) is 2.35. The molecule has 1 aromatic rings. The van der Waals surface area contributed by atoms with Crippen molar-refractivity contribution < 1.29 is 18.8 Å². The molecule has 2 rings (SSSR count). The van der Waals surface area contributed by atoms with Crippen molar-refractivity contribution in [3.63, 3.8) is 0 Å². The molecule has 1 aliphatic heterocycles. The first-order valence-electron chi connectivity index (χ1n) is 7.51. The van der Waals surface area contributed by atoms with Crippen molar-refractivity contribution in [3.05, 3.63) is 29.6 Å². The summed E-state index contributed by atoms with van der Waals surface area (Å²) in [6, 6.07) is 3.88. The number of hydrogen-bond donors (Lipinski definition) is 0. The molecule has 2 heterocycles. The highest BCUT2D eigenvalue weighted by Gasteiger charge is 2.54. The number of carbonyl (C=O) groups is 1. The first-order chi connectivity index (χ1) is 10.2. The van der Waals surface area contributed by atoms with Gasteiger partial charge in [0.1, 0.15) is 0 Å². The van der Waals surface area contributed by atoms with Crippen LogP contribution in [0.15, 0.2) is 18.3 Å². The maximum Gasteiger partial charge on any atom is 0.468 e. The van der Waals surface area contributed by atoms with E-state index in [9.17, 15) is 4.79 Å². The standard InChI is InChI=1S/C16H24BNO4/c1-11-7-8-13(18-10-11)12(9-14(19)20-6)17-21-15(2,3)16(4,5)22-17/h7-8,10,12H,9H2,1-6H3. The summed E-state index contributed by atoms with van der Waals surface area (Å²) in [6.45, 7) is 9.94. The molecular formula is C16H24BNO4. The molecule has 1 unspecified atom stereocenters. The number of hydrogen-bond acceptors (Lipinski definition) is 5. The predicted octanol–water partition coefficient (Wildman–Crippen LogP) is 2.67. The van der Waals surface area contributed by atoms with Crippen LogP contribution >= 0.6 is 0 Å². The van der Waals surface area contributed by atoms with Crippen LogP contribution in [-0.2, 0) is 18.8 Å². The highest BCUT2D eigenvalue weighted by molar-refractivity contribution is 6.48. The number of pyridine rings is 1. The fraction of sp³-hybridized carbons (Fsp3) is 0.625. The van der Waals surface area contributed by atoms with Gasteiger partial charge in [0.15, 0.2) is 0 Å². The molecule has 1 saturated heterocycles. The molecule has 0 spiro atoms. The second-order valence-electron chi connectivity index (χ2n) is 6.77. The summed E-state index contributed by atoms with van der Waals surface area (Å²) >= 11 is 0. The Morgan fingerprint density at radius 2 is 1.86 bits per heavy atom. The number of rotatable bonds is 4. The van der Waals surface area contributed by atoms with Crippen molar-refractivity contribution in [2.24, 2.45) is 0 Å². The Morgan fingerprint density at radius 3 is 2.32 bits per heavy atom. The third kappa shape index (κ3) is 3.33. The summed E-state index contributed by atoms with van der Waals surface area (Å²) in [5.41, 5.74) is 0.942.